The van der Waals surface area contributed by atoms with Crippen LogP contribution in [0.1, 0.15) is 41.5 Å². The van der Waals surface area contributed by atoms with Gasteiger partial charge in [-0.25, -0.2) is 0 Å². The summed E-state index contributed by atoms with van der Waals surface area (Å²) in [7, 11) is 1.79. The molecular formula is C14H25NO3. The maximum Gasteiger partial charge on any atom is 0.324 e. The Hall–Kier alpha value is -0.900. The summed E-state index contributed by atoms with van der Waals surface area (Å²) >= 11 is 0. The number of aliphatic carboxylic acids is 1. The van der Waals surface area contributed by atoms with Crippen LogP contribution in [0, 0.1) is 16.7 Å². The average molecular weight is 255 g/mol. The lowest BCUT2D eigenvalue weighted by Crippen LogP contribution is -2.69. The molecule has 18 heavy (non-hydrogen) atoms. The highest BCUT2D eigenvalue weighted by Crippen LogP contribution is 2.46. The second kappa shape index (κ2) is 4.05. The van der Waals surface area contributed by atoms with E-state index in [2.05, 4.69) is 0 Å². The number of hydrogen-bond acceptors (Lipinski definition) is 3. The largest absolute Gasteiger partial charge is 0.480 e. The lowest BCUT2D eigenvalue weighted by atomic mass is 9.59. The highest BCUT2D eigenvalue weighted by Gasteiger charge is 2.60. The molecule has 0 aromatic carbocycles. The summed E-state index contributed by atoms with van der Waals surface area (Å²) in [6.07, 6.45) is 0. The van der Waals surface area contributed by atoms with Gasteiger partial charge in [-0.2, -0.15) is 0 Å². The van der Waals surface area contributed by atoms with Gasteiger partial charge in [0.15, 0.2) is 0 Å². The molecule has 4 nitrogen and oxygen atoms in total. The van der Waals surface area contributed by atoms with Crippen LogP contribution in [0.25, 0.3) is 0 Å². The SMILES string of the molecule is CN1CC(C(C)(C)C)C(=O)C(C)(C)C1(C)C(=O)O. The highest BCUT2D eigenvalue weighted by atomic mass is 16.4. The Bertz CT molecular complexity index is 381. The van der Waals surface area contributed by atoms with Crippen LogP contribution in [0.5, 0.6) is 0 Å². The van der Waals surface area contributed by atoms with Crippen molar-refractivity contribution in [3.05, 3.63) is 0 Å². The fourth-order valence-electron chi connectivity index (χ4n) is 2.79. The number of carboxylic acids is 1. The van der Waals surface area contributed by atoms with Gasteiger partial charge in [-0.15, -0.1) is 0 Å². The Kier molecular flexibility index (Phi) is 3.41. The Morgan fingerprint density at radius 2 is 1.78 bits per heavy atom. The molecule has 0 bridgehead atoms. The molecule has 1 rings (SSSR count). The first-order valence-electron chi connectivity index (χ1n) is 6.35. The van der Waals surface area contributed by atoms with Crippen molar-refractivity contribution >= 4 is 11.8 Å². The number of ketones is 1. The maximum absolute atomic E-state index is 12.7. The number of piperidine rings is 1. The quantitative estimate of drug-likeness (QED) is 0.779. The van der Waals surface area contributed by atoms with E-state index in [-0.39, 0.29) is 17.1 Å². The van der Waals surface area contributed by atoms with Gasteiger partial charge in [0.25, 0.3) is 0 Å². The molecule has 0 aromatic rings. The predicted molar refractivity (Wildman–Crippen MR) is 70.4 cm³/mol. The van der Waals surface area contributed by atoms with E-state index in [4.69, 9.17) is 0 Å². The summed E-state index contributed by atoms with van der Waals surface area (Å²) in [6.45, 7) is 11.7. The maximum atomic E-state index is 12.7. The summed E-state index contributed by atoms with van der Waals surface area (Å²) in [4.78, 5) is 26.1. The standard InChI is InChI=1S/C14H25NO3/c1-12(2,3)9-8-15(7)14(6,11(17)18)13(4,5)10(9)16/h9H,8H2,1-7H3,(H,17,18). The Morgan fingerprint density at radius 1 is 1.33 bits per heavy atom. The van der Waals surface area contributed by atoms with E-state index in [0.29, 0.717) is 6.54 Å². The molecule has 2 atom stereocenters. The molecule has 0 aromatic heterocycles. The molecule has 0 amide bonds. The van der Waals surface area contributed by atoms with E-state index in [1.165, 1.54) is 0 Å². The Labute approximate surface area is 109 Å². The van der Waals surface area contributed by atoms with E-state index in [1.807, 2.05) is 25.7 Å². The monoisotopic (exact) mass is 255 g/mol. The second-order valence-corrected chi connectivity index (χ2v) is 7.17. The third kappa shape index (κ3) is 1.87. The number of nitrogens with zero attached hydrogens (tertiary/aromatic N) is 1. The summed E-state index contributed by atoms with van der Waals surface area (Å²) in [5, 5.41) is 9.52. The van der Waals surface area contributed by atoms with Crippen molar-refractivity contribution < 1.29 is 14.7 Å². The fraction of sp³-hybridized carbons (Fsp3) is 0.857. The van der Waals surface area contributed by atoms with Crippen LogP contribution in [0.4, 0.5) is 0 Å². The third-order valence-corrected chi connectivity index (χ3v) is 4.83. The number of carboxylic acid groups (broad SMARTS) is 1. The van der Waals surface area contributed by atoms with Crippen molar-refractivity contribution in [2.75, 3.05) is 13.6 Å². The molecule has 2 unspecified atom stereocenters. The number of hydrogen-bond donors (Lipinski definition) is 1. The van der Waals surface area contributed by atoms with Gasteiger partial charge in [0.05, 0.1) is 5.41 Å². The first-order valence-corrected chi connectivity index (χ1v) is 6.35. The summed E-state index contributed by atoms with van der Waals surface area (Å²) in [6, 6.07) is 0. The molecule has 1 saturated heterocycles. The minimum absolute atomic E-state index is 0.0537. The molecule has 1 aliphatic heterocycles. The van der Waals surface area contributed by atoms with Crippen molar-refractivity contribution in [2.24, 2.45) is 16.7 Å². The zero-order chi connectivity index (χ0) is 14.5. The molecule has 0 radical (unpaired) electrons. The van der Waals surface area contributed by atoms with Gasteiger partial charge in [0.1, 0.15) is 11.3 Å². The number of likely N-dealkylation sites (N-methyl/N-ethyl adjacent to an activating group) is 1. The molecule has 4 heteroatoms. The first-order chi connectivity index (χ1) is 7.86. The Morgan fingerprint density at radius 3 is 2.11 bits per heavy atom. The fourth-order valence-corrected chi connectivity index (χ4v) is 2.79. The van der Waals surface area contributed by atoms with E-state index in [9.17, 15) is 14.7 Å². The predicted octanol–water partition coefficient (Wildman–Crippen LogP) is 2.03. The molecular weight excluding hydrogens is 230 g/mol. The van der Waals surface area contributed by atoms with Crippen LogP contribution in [-0.2, 0) is 9.59 Å². The first kappa shape index (κ1) is 15.2. The number of carbonyl (C=O) groups is 2. The number of carbonyl (C=O) groups excluding carboxylic acids is 1. The average Bonchev–Trinajstić information content (AvgIpc) is 2.19. The van der Waals surface area contributed by atoms with Crippen molar-refractivity contribution in [3.63, 3.8) is 0 Å². The van der Waals surface area contributed by atoms with Crippen LogP contribution in [0.2, 0.25) is 0 Å². The van der Waals surface area contributed by atoms with Gasteiger partial charge in [-0.3, -0.25) is 14.5 Å². The molecule has 1 heterocycles. The van der Waals surface area contributed by atoms with Crippen LogP contribution >= 0.6 is 0 Å². The number of rotatable bonds is 1. The lowest BCUT2D eigenvalue weighted by Gasteiger charge is -2.54. The molecule has 1 fully saturated rings. The zero-order valence-corrected chi connectivity index (χ0v) is 12.5. The molecule has 0 saturated carbocycles. The topological polar surface area (TPSA) is 57.6 Å². The Balaban J connectivity index is 3.31. The summed E-state index contributed by atoms with van der Waals surface area (Å²) in [5.41, 5.74) is -2.20. The van der Waals surface area contributed by atoms with Crippen LogP contribution in [0.3, 0.4) is 0 Å². The van der Waals surface area contributed by atoms with Crippen molar-refractivity contribution in [2.45, 2.75) is 47.1 Å². The van der Waals surface area contributed by atoms with E-state index in [0.717, 1.165) is 0 Å². The summed E-state index contributed by atoms with van der Waals surface area (Å²) < 4.78 is 0. The van der Waals surface area contributed by atoms with Gasteiger partial charge >= 0.3 is 5.97 Å². The molecule has 0 spiro atoms. The van der Waals surface area contributed by atoms with E-state index in [1.54, 1.807) is 27.8 Å². The number of likely N-dealkylation sites (tertiary alicyclic amines) is 1. The van der Waals surface area contributed by atoms with Crippen LogP contribution in [0.15, 0.2) is 0 Å². The minimum Gasteiger partial charge on any atom is -0.480 e. The summed E-state index contributed by atoms with van der Waals surface area (Å²) in [5.74, 6) is -1.02. The molecule has 104 valence electrons. The van der Waals surface area contributed by atoms with E-state index >= 15 is 0 Å². The van der Waals surface area contributed by atoms with Gasteiger partial charge in [0.2, 0.25) is 0 Å². The minimum atomic E-state index is -1.15. The zero-order valence-electron chi connectivity index (χ0n) is 12.5. The van der Waals surface area contributed by atoms with Crippen molar-refractivity contribution in [1.82, 2.24) is 4.90 Å². The van der Waals surface area contributed by atoms with Gasteiger partial charge in [0, 0.05) is 12.5 Å². The number of Topliss-reactive ketones (excluding diaryl/α,β-unsaturated/α-hetero) is 1. The lowest BCUT2D eigenvalue weighted by molar-refractivity contribution is -0.175. The van der Waals surface area contributed by atoms with Crippen molar-refractivity contribution in [3.8, 4) is 0 Å². The second-order valence-electron chi connectivity index (χ2n) is 7.17. The van der Waals surface area contributed by atoms with E-state index < -0.39 is 16.9 Å². The molecule has 0 aliphatic carbocycles. The molecule has 1 aliphatic rings. The van der Waals surface area contributed by atoms with Gasteiger partial charge < -0.3 is 5.11 Å². The molecule has 1 N–H and O–H groups in total. The van der Waals surface area contributed by atoms with Gasteiger partial charge in [-0.05, 0) is 19.4 Å². The normalized spacial score (nSPS) is 33.5. The third-order valence-electron chi connectivity index (χ3n) is 4.83. The van der Waals surface area contributed by atoms with Crippen LogP contribution in [-0.4, -0.2) is 40.9 Å². The van der Waals surface area contributed by atoms with Gasteiger partial charge in [-0.1, -0.05) is 34.6 Å². The highest BCUT2D eigenvalue weighted by molar-refractivity contribution is 5.96. The van der Waals surface area contributed by atoms with Crippen molar-refractivity contribution in [1.29, 1.82) is 0 Å². The van der Waals surface area contributed by atoms with Crippen LogP contribution < -0.4 is 0 Å². The smallest absolute Gasteiger partial charge is 0.324 e.